The van der Waals surface area contributed by atoms with Crippen molar-refractivity contribution in [3.05, 3.63) is 48.4 Å². The van der Waals surface area contributed by atoms with E-state index in [4.69, 9.17) is 9.15 Å². The van der Waals surface area contributed by atoms with Crippen LogP contribution in [0.4, 0.5) is 10.5 Å². The lowest BCUT2D eigenvalue weighted by Gasteiger charge is -2.11. The highest BCUT2D eigenvalue weighted by Gasteiger charge is 2.06. The topological polar surface area (TPSA) is 63.5 Å². The lowest BCUT2D eigenvalue weighted by molar-refractivity contribution is 0.251. The summed E-state index contributed by atoms with van der Waals surface area (Å²) in [5, 5.41) is 5.49. The van der Waals surface area contributed by atoms with Crippen LogP contribution in [0.3, 0.4) is 0 Å². The maximum absolute atomic E-state index is 11.8. The largest absolute Gasteiger partial charge is 0.492 e. The minimum Gasteiger partial charge on any atom is -0.492 e. The monoisotopic (exact) mass is 260 g/mol. The first-order chi connectivity index (χ1) is 9.29. The molecule has 0 aliphatic carbocycles. The normalized spacial score (nSPS) is 9.95. The van der Waals surface area contributed by atoms with Gasteiger partial charge in [-0.25, -0.2) is 4.79 Å². The molecule has 100 valence electrons. The van der Waals surface area contributed by atoms with Gasteiger partial charge >= 0.3 is 6.03 Å². The van der Waals surface area contributed by atoms with Crippen LogP contribution in [0.1, 0.15) is 12.5 Å². The lowest BCUT2D eigenvalue weighted by atomic mass is 10.3. The number of amides is 2. The number of nitrogens with one attached hydrogen (secondary N) is 2. The van der Waals surface area contributed by atoms with E-state index in [-0.39, 0.29) is 6.03 Å². The SMILES string of the molecule is CCOc1ccccc1NC(=O)NCc1ccoc1. The number of benzene rings is 1. The first-order valence-corrected chi connectivity index (χ1v) is 6.07. The van der Waals surface area contributed by atoms with E-state index >= 15 is 0 Å². The molecule has 0 unspecified atom stereocenters. The number of rotatable bonds is 5. The molecule has 5 heteroatoms. The molecule has 5 nitrogen and oxygen atoms in total. The van der Waals surface area contributed by atoms with Gasteiger partial charge in [-0.05, 0) is 25.1 Å². The molecular formula is C14H16N2O3. The summed E-state index contributed by atoms with van der Waals surface area (Å²) in [7, 11) is 0. The predicted octanol–water partition coefficient (Wildman–Crippen LogP) is 3.00. The first-order valence-electron chi connectivity index (χ1n) is 6.07. The Balaban J connectivity index is 1.91. The van der Waals surface area contributed by atoms with Crippen molar-refractivity contribution >= 4 is 11.7 Å². The quantitative estimate of drug-likeness (QED) is 0.868. The first kappa shape index (κ1) is 13.0. The van der Waals surface area contributed by atoms with E-state index in [0.29, 0.717) is 24.6 Å². The molecule has 0 fully saturated rings. The Kier molecular flexibility index (Phi) is 4.44. The Labute approximate surface area is 111 Å². The average molecular weight is 260 g/mol. The summed E-state index contributed by atoms with van der Waals surface area (Å²) in [4.78, 5) is 11.8. The van der Waals surface area contributed by atoms with Gasteiger partial charge in [0.15, 0.2) is 0 Å². The Morgan fingerprint density at radius 3 is 2.89 bits per heavy atom. The van der Waals surface area contributed by atoms with Gasteiger partial charge in [0.25, 0.3) is 0 Å². The fraction of sp³-hybridized carbons (Fsp3) is 0.214. The Hall–Kier alpha value is -2.43. The van der Waals surface area contributed by atoms with Crippen molar-refractivity contribution < 1.29 is 13.9 Å². The Bertz CT molecular complexity index is 523. The summed E-state index contributed by atoms with van der Waals surface area (Å²) in [6.07, 6.45) is 3.16. The third kappa shape index (κ3) is 3.77. The number of hydrogen-bond donors (Lipinski definition) is 2. The minimum atomic E-state index is -0.284. The highest BCUT2D eigenvalue weighted by molar-refractivity contribution is 5.90. The molecule has 19 heavy (non-hydrogen) atoms. The maximum atomic E-state index is 11.8. The number of anilines is 1. The molecule has 2 rings (SSSR count). The van der Waals surface area contributed by atoms with Crippen LogP contribution in [0, 0.1) is 0 Å². The van der Waals surface area contributed by atoms with Gasteiger partial charge in [-0.1, -0.05) is 12.1 Å². The van der Waals surface area contributed by atoms with Gasteiger partial charge in [0, 0.05) is 12.1 Å². The van der Waals surface area contributed by atoms with Crippen LogP contribution in [-0.2, 0) is 6.54 Å². The number of carbonyl (C=O) groups excluding carboxylic acids is 1. The molecule has 2 aromatic rings. The standard InChI is InChI=1S/C14H16N2O3/c1-2-19-13-6-4-3-5-12(13)16-14(17)15-9-11-7-8-18-10-11/h3-8,10H,2,9H2,1H3,(H2,15,16,17). The zero-order valence-corrected chi connectivity index (χ0v) is 10.7. The van der Waals surface area contributed by atoms with Crippen LogP contribution < -0.4 is 15.4 Å². The van der Waals surface area contributed by atoms with Gasteiger partial charge in [-0.3, -0.25) is 0 Å². The van der Waals surface area contributed by atoms with Crippen LogP contribution in [-0.4, -0.2) is 12.6 Å². The fourth-order valence-electron chi connectivity index (χ4n) is 1.59. The number of carbonyl (C=O) groups is 1. The number of urea groups is 1. The summed E-state index contributed by atoms with van der Waals surface area (Å²) < 4.78 is 10.4. The van der Waals surface area contributed by atoms with E-state index in [1.165, 1.54) is 0 Å². The van der Waals surface area contributed by atoms with Gasteiger partial charge in [-0.2, -0.15) is 0 Å². The third-order valence-electron chi connectivity index (χ3n) is 2.47. The second-order valence-electron chi connectivity index (χ2n) is 3.87. The summed E-state index contributed by atoms with van der Waals surface area (Å²) in [5.41, 5.74) is 1.56. The summed E-state index contributed by atoms with van der Waals surface area (Å²) in [6.45, 7) is 2.87. The van der Waals surface area contributed by atoms with E-state index in [1.807, 2.05) is 25.1 Å². The van der Waals surface area contributed by atoms with Crippen molar-refractivity contribution in [1.29, 1.82) is 0 Å². The van der Waals surface area contributed by atoms with Crippen molar-refractivity contribution in [2.24, 2.45) is 0 Å². The highest BCUT2D eigenvalue weighted by Crippen LogP contribution is 2.23. The van der Waals surface area contributed by atoms with Crippen molar-refractivity contribution in [2.75, 3.05) is 11.9 Å². The number of ether oxygens (including phenoxy) is 1. The fourth-order valence-corrected chi connectivity index (χ4v) is 1.59. The number of para-hydroxylation sites is 2. The molecule has 0 atom stereocenters. The molecule has 0 saturated heterocycles. The highest BCUT2D eigenvalue weighted by atomic mass is 16.5. The smallest absolute Gasteiger partial charge is 0.319 e. The maximum Gasteiger partial charge on any atom is 0.319 e. The molecule has 1 heterocycles. The van der Waals surface area contributed by atoms with E-state index in [0.717, 1.165) is 5.56 Å². The van der Waals surface area contributed by atoms with Crippen LogP contribution in [0.5, 0.6) is 5.75 Å². The van der Waals surface area contributed by atoms with Crippen LogP contribution in [0.15, 0.2) is 47.3 Å². The molecule has 2 N–H and O–H groups in total. The second kappa shape index (κ2) is 6.49. The molecule has 0 bridgehead atoms. The summed E-state index contributed by atoms with van der Waals surface area (Å²) >= 11 is 0. The zero-order valence-electron chi connectivity index (χ0n) is 10.7. The lowest BCUT2D eigenvalue weighted by Crippen LogP contribution is -2.28. The summed E-state index contributed by atoms with van der Waals surface area (Å²) in [6, 6.07) is 8.83. The van der Waals surface area contributed by atoms with E-state index < -0.39 is 0 Å². The predicted molar refractivity (Wildman–Crippen MR) is 72.2 cm³/mol. The van der Waals surface area contributed by atoms with Gasteiger partial charge in [0.05, 0.1) is 24.8 Å². The van der Waals surface area contributed by atoms with E-state index in [1.54, 1.807) is 24.7 Å². The van der Waals surface area contributed by atoms with Crippen molar-refractivity contribution in [1.82, 2.24) is 5.32 Å². The van der Waals surface area contributed by atoms with Gasteiger partial charge in [0.1, 0.15) is 5.75 Å². The Morgan fingerprint density at radius 2 is 2.16 bits per heavy atom. The van der Waals surface area contributed by atoms with Crippen LogP contribution >= 0.6 is 0 Å². The van der Waals surface area contributed by atoms with Gasteiger partial charge in [0.2, 0.25) is 0 Å². The molecule has 0 saturated carbocycles. The molecule has 2 amide bonds. The second-order valence-corrected chi connectivity index (χ2v) is 3.87. The third-order valence-corrected chi connectivity index (χ3v) is 2.47. The van der Waals surface area contributed by atoms with Gasteiger partial charge < -0.3 is 19.8 Å². The molecule has 1 aromatic carbocycles. The molecule has 0 spiro atoms. The summed E-state index contributed by atoms with van der Waals surface area (Å²) in [5.74, 6) is 0.656. The number of hydrogen-bond acceptors (Lipinski definition) is 3. The molecule has 1 aromatic heterocycles. The van der Waals surface area contributed by atoms with Gasteiger partial charge in [-0.15, -0.1) is 0 Å². The zero-order chi connectivity index (χ0) is 13.5. The molecule has 0 aliphatic heterocycles. The minimum absolute atomic E-state index is 0.284. The average Bonchev–Trinajstić information content (AvgIpc) is 2.92. The number of furan rings is 1. The molecular weight excluding hydrogens is 244 g/mol. The van der Waals surface area contributed by atoms with Crippen molar-refractivity contribution in [2.45, 2.75) is 13.5 Å². The van der Waals surface area contributed by atoms with E-state index in [2.05, 4.69) is 10.6 Å². The molecule has 0 aliphatic rings. The molecule has 0 radical (unpaired) electrons. The van der Waals surface area contributed by atoms with Crippen LogP contribution in [0.2, 0.25) is 0 Å². The van der Waals surface area contributed by atoms with Crippen molar-refractivity contribution in [3.8, 4) is 5.75 Å². The Morgan fingerprint density at radius 1 is 1.32 bits per heavy atom. The van der Waals surface area contributed by atoms with E-state index in [9.17, 15) is 4.79 Å². The van der Waals surface area contributed by atoms with Crippen LogP contribution in [0.25, 0.3) is 0 Å². The van der Waals surface area contributed by atoms with Crippen molar-refractivity contribution in [3.63, 3.8) is 0 Å².